The highest BCUT2D eigenvalue weighted by Gasteiger charge is 2.03. The average molecular weight is 267 g/mol. The Labute approximate surface area is 118 Å². The molecule has 102 valence electrons. The van der Waals surface area contributed by atoms with Crippen LogP contribution in [0.3, 0.4) is 0 Å². The summed E-state index contributed by atoms with van der Waals surface area (Å²) < 4.78 is 0. The molecule has 3 nitrogen and oxygen atoms in total. The highest BCUT2D eigenvalue weighted by molar-refractivity contribution is 5.90. The summed E-state index contributed by atoms with van der Waals surface area (Å²) in [4.78, 5) is 11.4. The van der Waals surface area contributed by atoms with Crippen LogP contribution in [0, 0.1) is 0 Å². The van der Waals surface area contributed by atoms with Gasteiger partial charge in [-0.15, -0.1) is 0 Å². The molecule has 2 rings (SSSR count). The van der Waals surface area contributed by atoms with Gasteiger partial charge in [-0.3, -0.25) is 10.0 Å². The Hall–Kier alpha value is -2.39. The molecule has 0 unspecified atom stereocenters. The Bertz CT molecular complexity index is 603. The van der Waals surface area contributed by atoms with Crippen molar-refractivity contribution in [3.63, 3.8) is 0 Å². The maximum atomic E-state index is 11.4. The maximum absolute atomic E-state index is 11.4. The van der Waals surface area contributed by atoms with E-state index < -0.39 is 5.91 Å². The summed E-state index contributed by atoms with van der Waals surface area (Å²) in [5, 5.41) is 9.60. The van der Waals surface area contributed by atoms with Gasteiger partial charge in [0.25, 0.3) is 5.91 Å². The Kier molecular flexibility index (Phi) is 4.69. The standard InChI is InChI=1S/C17H17NO2/c1-18(20)17(19)12-11-15-9-5-6-10-16(15)13-14-7-3-2-4-8-14/h2-12,20H,13H2,1H3. The second kappa shape index (κ2) is 6.68. The van der Waals surface area contributed by atoms with Crippen LogP contribution in [0.25, 0.3) is 6.08 Å². The molecule has 0 spiro atoms. The van der Waals surface area contributed by atoms with E-state index in [0.29, 0.717) is 5.06 Å². The minimum Gasteiger partial charge on any atom is -0.286 e. The first-order valence-corrected chi connectivity index (χ1v) is 6.43. The molecule has 0 radical (unpaired) electrons. The van der Waals surface area contributed by atoms with Gasteiger partial charge >= 0.3 is 0 Å². The molecule has 0 bridgehead atoms. The molecule has 0 aliphatic carbocycles. The van der Waals surface area contributed by atoms with Crippen LogP contribution < -0.4 is 0 Å². The van der Waals surface area contributed by atoms with E-state index in [1.54, 1.807) is 6.08 Å². The fourth-order valence-electron chi connectivity index (χ4n) is 1.94. The van der Waals surface area contributed by atoms with Crippen molar-refractivity contribution in [2.45, 2.75) is 6.42 Å². The first kappa shape index (κ1) is 14.0. The van der Waals surface area contributed by atoms with E-state index in [9.17, 15) is 4.79 Å². The third-order valence-electron chi connectivity index (χ3n) is 3.02. The number of hydrogen-bond donors (Lipinski definition) is 1. The van der Waals surface area contributed by atoms with Crippen LogP contribution in [0.4, 0.5) is 0 Å². The summed E-state index contributed by atoms with van der Waals surface area (Å²) in [5.74, 6) is -0.445. The fourth-order valence-corrected chi connectivity index (χ4v) is 1.94. The molecular weight excluding hydrogens is 250 g/mol. The lowest BCUT2D eigenvalue weighted by Gasteiger charge is -2.07. The van der Waals surface area contributed by atoms with Gasteiger partial charge in [0.1, 0.15) is 0 Å². The summed E-state index contributed by atoms with van der Waals surface area (Å²) in [6.45, 7) is 0. The van der Waals surface area contributed by atoms with Gasteiger partial charge in [-0.25, -0.2) is 5.06 Å². The third-order valence-corrected chi connectivity index (χ3v) is 3.02. The summed E-state index contributed by atoms with van der Waals surface area (Å²) in [6, 6.07) is 18.1. The molecular formula is C17H17NO2. The van der Waals surface area contributed by atoms with Crippen molar-refractivity contribution in [3.8, 4) is 0 Å². The number of amides is 1. The number of benzene rings is 2. The molecule has 2 aromatic carbocycles. The van der Waals surface area contributed by atoms with Crippen molar-refractivity contribution in [2.24, 2.45) is 0 Å². The number of nitrogens with zero attached hydrogens (tertiary/aromatic N) is 1. The second-order valence-corrected chi connectivity index (χ2v) is 4.56. The molecule has 0 saturated heterocycles. The van der Waals surface area contributed by atoms with Gasteiger partial charge in [0.05, 0.1) is 0 Å². The normalized spacial score (nSPS) is 10.7. The number of rotatable bonds is 4. The minimum atomic E-state index is -0.445. The van der Waals surface area contributed by atoms with Crippen molar-refractivity contribution in [2.75, 3.05) is 7.05 Å². The van der Waals surface area contributed by atoms with Crippen molar-refractivity contribution in [3.05, 3.63) is 77.4 Å². The number of likely N-dealkylation sites (N-methyl/N-ethyl adjacent to an activating group) is 1. The number of hydroxylamine groups is 2. The van der Waals surface area contributed by atoms with Crippen LogP contribution in [-0.2, 0) is 11.2 Å². The summed E-state index contributed by atoms with van der Waals surface area (Å²) in [6.07, 6.45) is 3.90. The molecule has 0 aliphatic rings. The summed E-state index contributed by atoms with van der Waals surface area (Å²) >= 11 is 0. The quantitative estimate of drug-likeness (QED) is 0.525. The largest absolute Gasteiger partial charge is 0.286 e. The first-order chi connectivity index (χ1) is 9.66. The first-order valence-electron chi connectivity index (χ1n) is 6.43. The molecule has 0 saturated carbocycles. The number of carbonyl (C=O) groups is 1. The molecule has 0 heterocycles. The van der Waals surface area contributed by atoms with Crippen LogP contribution in [0.5, 0.6) is 0 Å². The molecule has 0 aliphatic heterocycles. The van der Waals surface area contributed by atoms with E-state index >= 15 is 0 Å². The van der Waals surface area contributed by atoms with Gasteiger partial charge in [0.15, 0.2) is 0 Å². The van der Waals surface area contributed by atoms with Crippen LogP contribution in [0.1, 0.15) is 16.7 Å². The molecule has 0 aromatic heterocycles. The number of carbonyl (C=O) groups excluding carboxylic acids is 1. The van der Waals surface area contributed by atoms with E-state index in [1.807, 2.05) is 42.5 Å². The smallest absolute Gasteiger partial charge is 0.269 e. The van der Waals surface area contributed by atoms with Gasteiger partial charge in [0.2, 0.25) is 0 Å². The van der Waals surface area contributed by atoms with Crippen LogP contribution in [0.2, 0.25) is 0 Å². The Morgan fingerprint density at radius 2 is 1.75 bits per heavy atom. The molecule has 1 amide bonds. The van der Waals surface area contributed by atoms with Crippen molar-refractivity contribution in [1.29, 1.82) is 0 Å². The highest BCUT2D eigenvalue weighted by atomic mass is 16.5. The lowest BCUT2D eigenvalue weighted by molar-refractivity contribution is -0.153. The van der Waals surface area contributed by atoms with Crippen LogP contribution >= 0.6 is 0 Å². The molecule has 3 heteroatoms. The summed E-state index contributed by atoms with van der Waals surface area (Å²) in [7, 11) is 1.31. The lowest BCUT2D eigenvalue weighted by atomic mass is 9.99. The van der Waals surface area contributed by atoms with Crippen molar-refractivity contribution >= 4 is 12.0 Å². The predicted octanol–water partition coefficient (Wildman–Crippen LogP) is 3.14. The predicted molar refractivity (Wildman–Crippen MR) is 79.3 cm³/mol. The highest BCUT2D eigenvalue weighted by Crippen LogP contribution is 2.15. The molecule has 0 fully saturated rings. The SMILES string of the molecule is CN(O)C(=O)C=Cc1ccccc1Cc1ccccc1. The van der Waals surface area contributed by atoms with Gasteiger partial charge in [-0.1, -0.05) is 54.6 Å². The van der Waals surface area contributed by atoms with Gasteiger partial charge in [0, 0.05) is 13.1 Å². The van der Waals surface area contributed by atoms with E-state index in [0.717, 1.165) is 17.5 Å². The minimum absolute atomic E-state index is 0.445. The zero-order valence-electron chi connectivity index (χ0n) is 11.4. The molecule has 0 atom stereocenters. The Balaban J connectivity index is 2.20. The summed E-state index contributed by atoms with van der Waals surface area (Å²) in [5.41, 5.74) is 3.34. The van der Waals surface area contributed by atoms with E-state index in [4.69, 9.17) is 5.21 Å². The van der Waals surface area contributed by atoms with Gasteiger partial charge in [-0.05, 0) is 29.2 Å². The monoisotopic (exact) mass is 267 g/mol. The Morgan fingerprint density at radius 3 is 2.45 bits per heavy atom. The third kappa shape index (κ3) is 3.80. The second-order valence-electron chi connectivity index (χ2n) is 4.56. The lowest BCUT2D eigenvalue weighted by Crippen LogP contribution is -2.19. The molecule has 1 N–H and O–H groups in total. The molecule has 20 heavy (non-hydrogen) atoms. The van der Waals surface area contributed by atoms with Crippen molar-refractivity contribution < 1.29 is 10.0 Å². The maximum Gasteiger partial charge on any atom is 0.269 e. The van der Waals surface area contributed by atoms with E-state index in [-0.39, 0.29) is 0 Å². The zero-order valence-corrected chi connectivity index (χ0v) is 11.4. The van der Waals surface area contributed by atoms with Crippen LogP contribution in [-0.4, -0.2) is 23.2 Å². The number of hydrogen-bond acceptors (Lipinski definition) is 2. The van der Waals surface area contributed by atoms with Crippen molar-refractivity contribution in [1.82, 2.24) is 5.06 Å². The van der Waals surface area contributed by atoms with Gasteiger partial charge < -0.3 is 0 Å². The fraction of sp³-hybridized carbons (Fsp3) is 0.118. The molecule has 2 aromatic rings. The van der Waals surface area contributed by atoms with Gasteiger partial charge in [-0.2, -0.15) is 0 Å². The van der Waals surface area contributed by atoms with Crippen LogP contribution in [0.15, 0.2) is 60.7 Å². The Morgan fingerprint density at radius 1 is 1.10 bits per heavy atom. The topological polar surface area (TPSA) is 40.5 Å². The zero-order chi connectivity index (χ0) is 14.4. The average Bonchev–Trinajstić information content (AvgIpc) is 2.47. The van der Waals surface area contributed by atoms with E-state index in [1.165, 1.54) is 18.7 Å². The van der Waals surface area contributed by atoms with E-state index in [2.05, 4.69) is 12.1 Å².